The Labute approximate surface area is 79.9 Å². The van der Waals surface area contributed by atoms with Crippen LogP contribution in [0.25, 0.3) is 0 Å². The summed E-state index contributed by atoms with van der Waals surface area (Å²) in [6.07, 6.45) is 0. The molecule has 0 fully saturated rings. The van der Waals surface area contributed by atoms with E-state index in [0.717, 1.165) is 0 Å². The normalized spacial score (nSPS) is 12.5. The number of nitrogens with two attached hydrogens (primary N) is 1. The molecule has 1 atom stereocenters. The van der Waals surface area contributed by atoms with E-state index in [1.807, 2.05) is 0 Å². The van der Waals surface area contributed by atoms with Crippen molar-refractivity contribution in [2.24, 2.45) is 0 Å². The Morgan fingerprint density at radius 1 is 1.42 bits per heavy atom. The van der Waals surface area contributed by atoms with Gasteiger partial charge in [-0.05, 0) is 31.2 Å². The molecule has 0 aliphatic carbocycles. The molecule has 3 heteroatoms. The molecule has 0 spiro atoms. The van der Waals surface area contributed by atoms with Crippen LogP contribution in [-0.4, -0.2) is 10.6 Å². The minimum Gasteiger partial charge on any atom is -0.399 e. The molecule has 64 valence electrons. The van der Waals surface area contributed by atoms with Gasteiger partial charge >= 0.3 is 0 Å². The van der Waals surface area contributed by atoms with Gasteiger partial charge in [0, 0.05) is 11.3 Å². The molecule has 0 aliphatic heterocycles. The van der Waals surface area contributed by atoms with Crippen molar-refractivity contribution < 1.29 is 4.79 Å². The van der Waals surface area contributed by atoms with Crippen molar-refractivity contribution in [3.8, 4) is 0 Å². The van der Waals surface area contributed by atoms with Crippen molar-refractivity contribution >= 4 is 27.4 Å². The predicted octanol–water partition coefficient (Wildman–Crippen LogP) is 2.23. The molecule has 1 rings (SSSR count). The van der Waals surface area contributed by atoms with E-state index >= 15 is 0 Å². The zero-order valence-corrected chi connectivity index (χ0v) is 8.34. The van der Waals surface area contributed by atoms with Crippen LogP contribution in [-0.2, 0) is 0 Å². The number of alkyl halides is 1. The molecule has 2 N–H and O–H groups in total. The number of halogens is 1. The lowest BCUT2D eigenvalue weighted by Crippen LogP contribution is -2.09. The number of hydrogen-bond acceptors (Lipinski definition) is 2. The molecule has 0 amide bonds. The second-order valence-corrected chi connectivity index (χ2v) is 3.98. The van der Waals surface area contributed by atoms with Crippen LogP contribution in [0.15, 0.2) is 24.3 Å². The van der Waals surface area contributed by atoms with Crippen molar-refractivity contribution in [1.29, 1.82) is 0 Å². The van der Waals surface area contributed by atoms with Crippen LogP contribution in [0.4, 0.5) is 5.69 Å². The van der Waals surface area contributed by atoms with Crippen LogP contribution in [0.2, 0.25) is 0 Å². The fourth-order valence-corrected chi connectivity index (χ4v) is 1.14. The zero-order valence-electron chi connectivity index (χ0n) is 6.75. The Kier molecular flexibility index (Phi) is 2.87. The number of Topliss-reactive ketones (excluding diaryl/α,β-unsaturated/α-hetero) is 1. The van der Waals surface area contributed by atoms with Gasteiger partial charge < -0.3 is 5.73 Å². The molecule has 1 aromatic rings. The van der Waals surface area contributed by atoms with E-state index in [2.05, 4.69) is 15.9 Å². The van der Waals surface area contributed by atoms with Gasteiger partial charge in [0.2, 0.25) is 0 Å². The lowest BCUT2D eigenvalue weighted by molar-refractivity contribution is 0.0996. The van der Waals surface area contributed by atoms with Crippen LogP contribution in [0, 0.1) is 0 Å². The first kappa shape index (κ1) is 9.26. The fraction of sp³-hybridized carbons (Fsp3) is 0.222. The van der Waals surface area contributed by atoms with Gasteiger partial charge in [-0.25, -0.2) is 0 Å². The molecule has 0 saturated heterocycles. The highest BCUT2D eigenvalue weighted by Crippen LogP contribution is 2.11. The minimum atomic E-state index is -0.138. The first-order chi connectivity index (χ1) is 5.61. The third kappa shape index (κ3) is 2.08. The maximum absolute atomic E-state index is 11.4. The second kappa shape index (κ2) is 3.72. The average Bonchev–Trinajstić information content (AvgIpc) is 2.04. The summed E-state index contributed by atoms with van der Waals surface area (Å²) in [4.78, 5) is 11.2. The molecule has 0 saturated carbocycles. The number of carbonyl (C=O) groups excluding carboxylic acids is 1. The van der Waals surface area contributed by atoms with Gasteiger partial charge in [-0.15, -0.1) is 0 Å². The molecule has 0 radical (unpaired) electrons. The highest BCUT2D eigenvalue weighted by Gasteiger charge is 2.10. The lowest BCUT2D eigenvalue weighted by Gasteiger charge is -2.02. The number of ketones is 1. The van der Waals surface area contributed by atoms with Crippen LogP contribution < -0.4 is 5.73 Å². The first-order valence-electron chi connectivity index (χ1n) is 3.65. The molecule has 0 aliphatic rings. The fourth-order valence-electron chi connectivity index (χ4n) is 0.877. The van der Waals surface area contributed by atoms with Crippen molar-refractivity contribution in [2.75, 3.05) is 5.73 Å². The summed E-state index contributed by atoms with van der Waals surface area (Å²) in [6, 6.07) is 6.91. The van der Waals surface area contributed by atoms with Crippen molar-refractivity contribution in [2.45, 2.75) is 11.8 Å². The predicted molar refractivity (Wildman–Crippen MR) is 53.6 cm³/mol. The number of rotatable bonds is 2. The third-order valence-corrected chi connectivity index (χ3v) is 1.97. The van der Waals surface area contributed by atoms with Crippen LogP contribution >= 0.6 is 15.9 Å². The molecule has 0 bridgehead atoms. The lowest BCUT2D eigenvalue weighted by atomic mass is 10.1. The molecule has 0 heterocycles. The Bertz CT molecular complexity index is 279. The molecule has 1 aromatic carbocycles. The van der Waals surface area contributed by atoms with Crippen LogP contribution in [0.3, 0.4) is 0 Å². The third-order valence-electron chi connectivity index (χ3n) is 1.56. The summed E-state index contributed by atoms with van der Waals surface area (Å²) in [7, 11) is 0. The van der Waals surface area contributed by atoms with Gasteiger partial charge in [0.05, 0.1) is 4.83 Å². The molecule has 1 unspecified atom stereocenters. The monoisotopic (exact) mass is 227 g/mol. The van der Waals surface area contributed by atoms with Crippen LogP contribution in [0.1, 0.15) is 17.3 Å². The summed E-state index contributed by atoms with van der Waals surface area (Å²) in [5.41, 5.74) is 6.84. The first-order valence-corrected chi connectivity index (χ1v) is 4.56. The highest BCUT2D eigenvalue weighted by atomic mass is 79.9. The summed E-state index contributed by atoms with van der Waals surface area (Å²) >= 11 is 3.21. The van der Waals surface area contributed by atoms with Crippen LogP contribution in [0.5, 0.6) is 0 Å². The number of benzene rings is 1. The SMILES string of the molecule is CC(Br)C(=O)c1ccc(N)cc1. The van der Waals surface area contributed by atoms with E-state index in [4.69, 9.17) is 5.73 Å². The van der Waals surface area contributed by atoms with Gasteiger partial charge in [0.25, 0.3) is 0 Å². The number of hydrogen-bond donors (Lipinski definition) is 1. The number of anilines is 1. The topological polar surface area (TPSA) is 43.1 Å². The summed E-state index contributed by atoms with van der Waals surface area (Å²) in [5, 5.41) is 0. The molecule has 2 nitrogen and oxygen atoms in total. The Morgan fingerprint density at radius 3 is 2.33 bits per heavy atom. The van der Waals surface area contributed by atoms with Gasteiger partial charge in [-0.1, -0.05) is 15.9 Å². The minimum absolute atomic E-state index is 0.0787. The zero-order chi connectivity index (χ0) is 9.14. The van der Waals surface area contributed by atoms with E-state index in [9.17, 15) is 4.79 Å². The van der Waals surface area contributed by atoms with E-state index in [-0.39, 0.29) is 10.6 Å². The van der Waals surface area contributed by atoms with E-state index in [0.29, 0.717) is 11.3 Å². The van der Waals surface area contributed by atoms with Gasteiger partial charge in [-0.3, -0.25) is 4.79 Å². The molecule has 0 aromatic heterocycles. The largest absolute Gasteiger partial charge is 0.399 e. The van der Waals surface area contributed by atoms with Crippen molar-refractivity contribution in [3.05, 3.63) is 29.8 Å². The van der Waals surface area contributed by atoms with Gasteiger partial charge in [0.15, 0.2) is 5.78 Å². The molecular formula is C9H10BrNO. The van der Waals surface area contributed by atoms with Crippen molar-refractivity contribution in [1.82, 2.24) is 0 Å². The number of nitrogen functional groups attached to an aromatic ring is 1. The number of carbonyl (C=O) groups is 1. The average molecular weight is 228 g/mol. The summed E-state index contributed by atoms with van der Waals surface area (Å²) in [6.45, 7) is 1.80. The second-order valence-electron chi connectivity index (χ2n) is 2.60. The van der Waals surface area contributed by atoms with E-state index in [1.54, 1.807) is 31.2 Å². The maximum atomic E-state index is 11.4. The Morgan fingerprint density at radius 2 is 1.92 bits per heavy atom. The Balaban J connectivity index is 2.90. The van der Waals surface area contributed by atoms with Gasteiger partial charge in [-0.2, -0.15) is 0 Å². The smallest absolute Gasteiger partial charge is 0.176 e. The molecular weight excluding hydrogens is 218 g/mol. The van der Waals surface area contributed by atoms with Crippen molar-refractivity contribution in [3.63, 3.8) is 0 Å². The van der Waals surface area contributed by atoms with E-state index < -0.39 is 0 Å². The van der Waals surface area contributed by atoms with E-state index in [1.165, 1.54) is 0 Å². The quantitative estimate of drug-likeness (QED) is 0.479. The molecule has 12 heavy (non-hydrogen) atoms. The summed E-state index contributed by atoms with van der Waals surface area (Å²) < 4.78 is 0. The Hall–Kier alpha value is -0.830. The highest BCUT2D eigenvalue weighted by molar-refractivity contribution is 9.10. The summed E-state index contributed by atoms with van der Waals surface area (Å²) in [5.74, 6) is 0.0787. The van der Waals surface area contributed by atoms with Gasteiger partial charge in [0.1, 0.15) is 0 Å². The maximum Gasteiger partial charge on any atom is 0.176 e. The standard InChI is InChI=1S/C9H10BrNO/c1-6(10)9(12)7-2-4-8(11)5-3-7/h2-6H,11H2,1H3.